The van der Waals surface area contributed by atoms with Crippen LogP contribution in [-0.4, -0.2) is 32.0 Å². The molecule has 1 heterocycles. The maximum absolute atomic E-state index is 5.60. The van der Waals surface area contributed by atoms with Crippen LogP contribution in [0.25, 0.3) is 0 Å². The van der Waals surface area contributed by atoms with Gasteiger partial charge < -0.3 is 24.8 Å². The molecule has 2 N–H and O–H groups in total. The average Bonchev–Trinajstić information content (AvgIpc) is 2.62. The smallest absolute Gasteiger partial charge is 0.170 e. The molecule has 0 aromatic heterocycles. The largest absolute Gasteiger partial charge is 0.497 e. The van der Waals surface area contributed by atoms with E-state index < -0.39 is 0 Å². The third-order valence-electron chi connectivity index (χ3n) is 3.63. The fourth-order valence-corrected chi connectivity index (χ4v) is 2.66. The molecule has 5 nitrogen and oxygen atoms in total. The Labute approximate surface area is 146 Å². The number of nitrogens with one attached hydrogen (secondary N) is 2. The molecule has 0 atom stereocenters. The summed E-state index contributed by atoms with van der Waals surface area (Å²) < 4.78 is 16.3. The first-order chi connectivity index (χ1) is 11.7. The second kappa shape index (κ2) is 7.88. The highest BCUT2D eigenvalue weighted by Gasteiger charge is 2.11. The van der Waals surface area contributed by atoms with Crippen LogP contribution in [-0.2, 0) is 6.42 Å². The number of ether oxygens (including phenoxy) is 3. The zero-order chi connectivity index (χ0) is 16.8. The summed E-state index contributed by atoms with van der Waals surface area (Å²) >= 11 is 5.32. The molecular weight excluding hydrogens is 324 g/mol. The quantitative estimate of drug-likeness (QED) is 0.814. The Morgan fingerprint density at radius 3 is 2.79 bits per heavy atom. The van der Waals surface area contributed by atoms with E-state index in [2.05, 4.69) is 10.6 Å². The second-order valence-corrected chi connectivity index (χ2v) is 5.75. The van der Waals surface area contributed by atoms with E-state index in [-0.39, 0.29) is 0 Å². The van der Waals surface area contributed by atoms with Crippen molar-refractivity contribution in [3.05, 3.63) is 48.0 Å². The highest BCUT2D eigenvalue weighted by molar-refractivity contribution is 7.80. The number of fused-ring (bicyclic) bond motifs is 1. The molecule has 2 aromatic rings. The van der Waals surface area contributed by atoms with Gasteiger partial charge in [-0.15, -0.1) is 0 Å². The van der Waals surface area contributed by atoms with Gasteiger partial charge in [-0.05, 0) is 48.5 Å². The van der Waals surface area contributed by atoms with Crippen LogP contribution in [0.1, 0.15) is 5.56 Å². The molecule has 0 saturated heterocycles. The van der Waals surface area contributed by atoms with Gasteiger partial charge in [0.15, 0.2) is 16.6 Å². The first-order valence-electron chi connectivity index (χ1n) is 7.82. The molecule has 0 radical (unpaired) electrons. The van der Waals surface area contributed by atoms with Crippen molar-refractivity contribution >= 4 is 23.0 Å². The Balaban J connectivity index is 1.48. The molecule has 1 aliphatic rings. The number of thiocarbonyl (C=S) groups is 1. The normalized spacial score (nSPS) is 12.4. The molecule has 0 spiro atoms. The lowest BCUT2D eigenvalue weighted by molar-refractivity contribution is 0.171. The van der Waals surface area contributed by atoms with Crippen LogP contribution in [0.4, 0.5) is 5.69 Å². The molecule has 0 saturated carbocycles. The van der Waals surface area contributed by atoms with Gasteiger partial charge in [0.1, 0.15) is 19.0 Å². The van der Waals surface area contributed by atoms with Crippen molar-refractivity contribution in [2.75, 3.05) is 32.2 Å². The Morgan fingerprint density at radius 1 is 1.12 bits per heavy atom. The predicted molar refractivity (Wildman–Crippen MR) is 98.4 cm³/mol. The number of rotatable bonds is 5. The monoisotopic (exact) mass is 344 g/mol. The van der Waals surface area contributed by atoms with Gasteiger partial charge in [-0.25, -0.2) is 0 Å². The van der Waals surface area contributed by atoms with Crippen LogP contribution in [0.15, 0.2) is 42.5 Å². The summed E-state index contributed by atoms with van der Waals surface area (Å²) in [6, 6.07) is 13.7. The van der Waals surface area contributed by atoms with Crippen LogP contribution in [0, 0.1) is 0 Å². The summed E-state index contributed by atoms with van der Waals surface area (Å²) in [6.45, 7) is 1.94. The van der Waals surface area contributed by atoms with E-state index in [0.717, 1.165) is 35.9 Å². The van der Waals surface area contributed by atoms with Crippen LogP contribution < -0.4 is 24.8 Å². The lowest BCUT2D eigenvalue weighted by atomic mass is 10.1. The predicted octanol–water partition coefficient (Wildman–Crippen LogP) is 3.00. The van der Waals surface area contributed by atoms with E-state index in [1.807, 2.05) is 42.5 Å². The van der Waals surface area contributed by atoms with Crippen molar-refractivity contribution in [3.63, 3.8) is 0 Å². The van der Waals surface area contributed by atoms with E-state index in [9.17, 15) is 0 Å². The topological polar surface area (TPSA) is 51.8 Å². The molecule has 0 bridgehead atoms. The Kier molecular flexibility index (Phi) is 5.38. The van der Waals surface area contributed by atoms with Crippen molar-refractivity contribution < 1.29 is 14.2 Å². The van der Waals surface area contributed by atoms with Gasteiger partial charge in [0, 0.05) is 18.3 Å². The fraction of sp³-hybridized carbons (Fsp3) is 0.278. The van der Waals surface area contributed by atoms with E-state index in [1.54, 1.807) is 7.11 Å². The van der Waals surface area contributed by atoms with Crippen molar-refractivity contribution in [1.29, 1.82) is 0 Å². The minimum atomic E-state index is 0.584. The average molecular weight is 344 g/mol. The highest BCUT2D eigenvalue weighted by Crippen LogP contribution is 2.30. The standard InChI is InChI=1S/C18H20N2O3S/c1-21-15-4-2-3-14(12-15)20-18(24)19-8-7-13-5-6-16-17(11-13)23-10-9-22-16/h2-6,11-12H,7-10H2,1H3,(H2,19,20,24). The molecule has 1 aliphatic heterocycles. The summed E-state index contributed by atoms with van der Waals surface area (Å²) in [5.74, 6) is 2.42. The van der Waals surface area contributed by atoms with Gasteiger partial charge in [0.2, 0.25) is 0 Å². The minimum absolute atomic E-state index is 0.584. The first kappa shape index (κ1) is 16.4. The maximum atomic E-state index is 5.60. The number of anilines is 1. The molecule has 0 aliphatic carbocycles. The Bertz CT molecular complexity index is 721. The number of hydrogen-bond acceptors (Lipinski definition) is 4. The zero-order valence-electron chi connectivity index (χ0n) is 13.5. The zero-order valence-corrected chi connectivity index (χ0v) is 14.3. The Morgan fingerprint density at radius 2 is 1.96 bits per heavy atom. The van der Waals surface area contributed by atoms with E-state index in [1.165, 1.54) is 5.56 Å². The van der Waals surface area contributed by atoms with Crippen molar-refractivity contribution in [1.82, 2.24) is 5.32 Å². The van der Waals surface area contributed by atoms with Gasteiger partial charge in [-0.2, -0.15) is 0 Å². The summed E-state index contributed by atoms with van der Waals surface area (Å²) in [5, 5.41) is 6.94. The van der Waals surface area contributed by atoms with Crippen LogP contribution >= 0.6 is 12.2 Å². The fourth-order valence-electron chi connectivity index (χ4n) is 2.44. The van der Waals surface area contributed by atoms with Gasteiger partial charge in [0.05, 0.1) is 7.11 Å². The second-order valence-electron chi connectivity index (χ2n) is 5.34. The SMILES string of the molecule is COc1cccc(NC(=S)NCCc2ccc3c(c2)OCCO3)c1. The summed E-state index contributed by atoms with van der Waals surface area (Å²) in [5.41, 5.74) is 2.07. The summed E-state index contributed by atoms with van der Waals surface area (Å²) in [6.07, 6.45) is 0.844. The number of hydrogen-bond donors (Lipinski definition) is 2. The highest BCUT2D eigenvalue weighted by atomic mass is 32.1. The lowest BCUT2D eigenvalue weighted by Crippen LogP contribution is -2.30. The Hall–Kier alpha value is -2.47. The molecule has 0 unspecified atom stereocenters. The van der Waals surface area contributed by atoms with E-state index >= 15 is 0 Å². The molecule has 126 valence electrons. The van der Waals surface area contributed by atoms with Crippen molar-refractivity contribution in [2.24, 2.45) is 0 Å². The van der Waals surface area contributed by atoms with E-state index in [4.69, 9.17) is 26.4 Å². The van der Waals surface area contributed by atoms with Crippen LogP contribution in [0.2, 0.25) is 0 Å². The summed E-state index contributed by atoms with van der Waals surface area (Å²) in [7, 11) is 1.64. The minimum Gasteiger partial charge on any atom is -0.497 e. The molecular formula is C18H20N2O3S. The molecule has 0 fully saturated rings. The molecule has 6 heteroatoms. The summed E-state index contributed by atoms with van der Waals surface area (Å²) in [4.78, 5) is 0. The van der Waals surface area contributed by atoms with Crippen LogP contribution in [0.5, 0.6) is 17.2 Å². The molecule has 3 rings (SSSR count). The van der Waals surface area contributed by atoms with Gasteiger partial charge in [-0.3, -0.25) is 0 Å². The number of methoxy groups -OCH3 is 1. The molecule has 0 amide bonds. The molecule has 24 heavy (non-hydrogen) atoms. The molecule has 2 aromatic carbocycles. The number of benzene rings is 2. The van der Waals surface area contributed by atoms with E-state index in [0.29, 0.717) is 18.3 Å². The maximum Gasteiger partial charge on any atom is 0.170 e. The van der Waals surface area contributed by atoms with Gasteiger partial charge in [-0.1, -0.05) is 12.1 Å². The van der Waals surface area contributed by atoms with Crippen molar-refractivity contribution in [3.8, 4) is 17.2 Å². The lowest BCUT2D eigenvalue weighted by Gasteiger charge is -2.19. The third kappa shape index (κ3) is 4.29. The van der Waals surface area contributed by atoms with Gasteiger partial charge in [0.25, 0.3) is 0 Å². The third-order valence-corrected chi connectivity index (χ3v) is 3.88. The van der Waals surface area contributed by atoms with Crippen LogP contribution in [0.3, 0.4) is 0 Å². The van der Waals surface area contributed by atoms with Crippen molar-refractivity contribution in [2.45, 2.75) is 6.42 Å². The first-order valence-corrected chi connectivity index (χ1v) is 8.23. The van der Waals surface area contributed by atoms with Gasteiger partial charge >= 0.3 is 0 Å².